The van der Waals surface area contributed by atoms with Crippen molar-refractivity contribution in [2.45, 2.75) is 25.8 Å². The molecule has 18 heavy (non-hydrogen) atoms. The van der Waals surface area contributed by atoms with Gasteiger partial charge in [-0.25, -0.2) is 9.78 Å². The Kier molecular flexibility index (Phi) is 3.14. The molecule has 7 nitrogen and oxygen atoms in total. The van der Waals surface area contributed by atoms with Crippen molar-refractivity contribution < 1.29 is 14.8 Å². The number of nitro groups is 1. The molecule has 0 spiro atoms. The molecule has 0 amide bonds. The quantitative estimate of drug-likeness (QED) is 0.643. The number of aromatic nitrogens is 1. The van der Waals surface area contributed by atoms with E-state index >= 15 is 0 Å². The summed E-state index contributed by atoms with van der Waals surface area (Å²) in [5.41, 5.74) is 0.541. The van der Waals surface area contributed by atoms with Gasteiger partial charge in [0.25, 0.3) is 0 Å². The zero-order chi connectivity index (χ0) is 13.3. The fourth-order valence-electron chi connectivity index (χ4n) is 2.18. The maximum absolute atomic E-state index is 11.1. The Hall–Kier alpha value is -2.18. The fourth-order valence-corrected chi connectivity index (χ4v) is 2.18. The van der Waals surface area contributed by atoms with E-state index in [2.05, 4.69) is 4.98 Å². The Morgan fingerprint density at radius 2 is 2.39 bits per heavy atom. The summed E-state index contributed by atoms with van der Waals surface area (Å²) in [5, 5.41) is 20.1. The van der Waals surface area contributed by atoms with E-state index in [4.69, 9.17) is 5.11 Å². The third kappa shape index (κ3) is 2.11. The highest BCUT2D eigenvalue weighted by Crippen LogP contribution is 2.32. The lowest BCUT2D eigenvalue weighted by atomic mass is 10.2. The van der Waals surface area contributed by atoms with Gasteiger partial charge in [0.1, 0.15) is 6.04 Å². The van der Waals surface area contributed by atoms with Gasteiger partial charge in [0, 0.05) is 18.8 Å². The highest BCUT2D eigenvalue weighted by atomic mass is 16.6. The molecular weight excluding hydrogens is 238 g/mol. The highest BCUT2D eigenvalue weighted by Gasteiger charge is 2.35. The highest BCUT2D eigenvalue weighted by molar-refractivity contribution is 5.79. The van der Waals surface area contributed by atoms with Crippen molar-refractivity contribution in [3.8, 4) is 0 Å². The van der Waals surface area contributed by atoms with Gasteiger partial charge >= 0.3 is 11.7 Å². The van der Waals surface area contributed by atoms with Crippen LogP contribution in [0.4, 0.5) is 11.5 Å². The van der Waals surface area contributed by atoms with E-state index in [0.29, 0.717) is 24.9 Å². The second-order valence-electron chi connectivity index (χ2n) is 4.30. The second-order valence-corrected chi connectivity index (χ2v) is 4.30. The Morgan fingerprint density at radius 3 is 3.00 bits per heavy atom. The molecule has 1 saturated heterocycles. The zero-order valence-corrected chi connectivity index (χ0v) is 9.87. The lowest BCUT2D eigenvalue weighted by molar-refractivity contribution is -0.384. The molecule has 1 aliphatic heterocycles. The number of hydrogen-bond donors (Lipinski definition) is 1. The van der Waals surface area contributed by atoms with Crippen molar-refractivity contribution in [1.82, 2.24) is 4.98 Å². The summed E-state index contributed by atoms with van der Waals surface area (Å²) in [7, 11) is 0. The molecule has 2 heterocycles. The first-order valence-electron chi connectivity index (χ1n) is 5.61. The first-order valence-corrected chi connectivity index (χ1v) is 5.61. The number of pyridine rings is 1. The van der Waals surface area contributed by atoms with Gasteiger partial charge < -0.3 is 10.0 Å². The Bertz CT molecular complexity index is 503. The van der Waals surface area contributed by atoms with Gasteiger partial charge in [-0.3, -0.25) is 10.1 Å². The third-order valence-corrected chi connectivity index (χ3v) is 2.99. The number of hydrogen-bond acceptors (Lipinski definition) is 5. The zero-order valence-electron chi connectivity index (χ0n) is 9.87. The summed E-state index contributed by atoms with van der Waals surface area (Å²) >= 11 is 0. The number of nitrogens with zero attached hydrogens (tertiary/aromatic N) is 3. The topological polar surface area (TPSA) is 96.6 Å². The minimum absolute atomic E-state index is 0.136. The van der Waals surface area contributed by atoms with Crippen LogP contribution in [-0.2, 0) is 4.79 Å². The average molecular weight is 251 g/mol. The first-order chi connectivity index (χ1) is 8.50. The van der Waals surface area contributed by atoms with Gasteiger partial charge in [-0.1, -0.05) is 0 Å². The maximum Gasteiger partial charge on any atom is 0.326 e. The molecular formula is C11H13N3O4. The third-order valence-electron chi connectivity index (χ3n) is 2.99. The molecule has 1 atom stereocenters. The van der Waals surface area contributed by atoms with Gasteiger partial charge in [0.15, 0.2) is 0 Å². The molecule has 0 saturated carbocycles. The summed E-state index contributed by atoms with van der Waals surface area (Å²) < 4.78 is 0. The molecule has 96 valence electrons. The van der Waals surface area contributed by atoms with Gasteiger partial charge in [-0.05, 0) is 25.3 Å². The van der Waals surface area contributed by atoms with Gasteiger partial charge in [-0.2, -0.15) is 0 Å². The average Bonchev–Trinajstić information content (AvgIpc) is 2.77. The predicted octanol–water partition coefficient (Wildman–Crippen LogP) is 1.35. The van der Waals surface area contributed by atoms with Crippen LogP contribution in [0.1, 0.15) is 18.4 Å². The monoisotopic (exact) mass is 251 g/mol. The molecule has 0 bridgehead atoms. The molecule has 0 unspecified atom stereocenters. The van der Waals surface area contributed by atoms with Crippen molar-refractivity contribution >= 4 is 17.5 Å². The van der Waals surface area contributed by atoms with E-state index in [1.807, 2.05) is 0 Å². The standard InChI is InChI=1S/C11H13N3O4/c1-7-5-9(14(17)18)10(12-6-7)13-4-2-3-8(13)11(15)16/h5-6,8H,2-4H2,1H3,(H,15,16)/t8-/m1/s1. The molecule has 1 aromatic rings. The number of aliphatic carboxylic acids is 1. The van der Waals surface area contributed by atoms with E-state index in [1.54, 1.807) is 6.92 Å². The second kappa shape index (κ2) is 4.59. The van der Waals surface area contributed by atoms with Crippen LogP contribution in [-0.4, -0.2) is 33.6 Å². The van der Waals surface area contributed by atoms with E-state index < -0.39 is 16.9 Å². The minimum atomic E-state index is -0.968. The molecule has 1 aliphatic rings. The van der Waals surface area contributed by atoms with Crippen molar-refractivity contribution in [3.63, 3.8) is 0 Å². The lowest BCUT2D eigenvalue weighted by Gasteiger charge is -2.22. The van der Waals surface area contributed by atoms with Crippen LogP contribution in [0, 0.1) is 17.0 Å². The van der Waals surface area contributed by atoms with Crippen LogP contribution in [0.25, 0.3) is 0 Å². The van der Waals surface area contributed by atoms with Crippen LogP contribution < -0.4 is 4.90 Å². The number of carbonyl (C=O) groups is 1. The van der Waals surface area contributed by atoms with Crippen molar-refractivity contribution in [2.75, 3.05) is 11.4 Å². The number of rotatable bonds is 3. The van der Waals surface area contributed by atoms with E-state index in [9.17, 15) is 14.9 Å². The van der Waals surface area contributed by atoms with Crippen molar-refractivity contribution in [1.29, 1.82) is 0 Å². The normalized spacial score (nSPS) is 18.9. The molecule has 1 aromatic heterocycles. The molecule has 0 aliphatic carbocycles. The van der Waals surface area contributed by atoms with Crippen molar-refractivity contribution in [3.05, 3.63) is 27.9 Å². The van der Waals surface area contributed by atoms with Crippen LogP contribution in [0.5, 0.6) is 0 Å². The predicted molar refractivity (Wildman–Crippen MR) is 63.6 cm³/mol. The van der Waals surface area contributed by atoms with E-state index in [0.717, 1.165) is 0 Å². The van der Waals surface area contributed by atoms with Crippen molar-refractivity contribution in [2.24, 2.45) is 0 Å². The SMILES string of the molecule is Cc1cnc(N2CCC[C@@H]2C(=O)O)c([N+](=O)[O-])c1. The lowest BCUT2D eigenvalue weighted by Crippen LogP contribution is -2.36. The Labute approximate surface area is 103 Å². The summed E-state index contributed by atoms with van der Waals surface area (Å²) in [4.78, 5) is 27.1. The smallest absolute Gasteiger partial charge is 0.326 e. The maximum atomic E-state index is 11.1. The molecule has 7 heteroatoms. The molecule has 2 rings (SSSR count). The minimum Gasteiger partial charge on any atom is -0.480 e. The van der Waals surface area contributed by atoms with E-state index in [-0.39, 0.29) is 11.5 Å². The van der Waals surface area contributed by atoms with Gasteiger partial charge in [0.2, 0.25) is 5.82 Å². The summed E-state index contributed by atoms with van der Waals surface area (Å²) in [5.74, 6) is -0.820. The molecule has 1 fully saturated rings. The number of aryl methyl sites for hydroxylation is 1. The summed E-state index contributed by atoms with van der Waals surface area (Å²) in [6.07, 6.45) is 2.70. The van der Waals surface area contributed by atoms with Crippen LogP contribution >= 0.6 is 0 Å². The largest absolute Gasteiger partial charge is 0.480 e. The van der Waals surface area contributed by atoms with Crippen LogP contribution in [0.3, 0.4) is 0 Å². The molecule has 0 radical (unpaired) electrons. The van der Waals surface area contributed by atoms with Crippen LogP contribution in [0.2, 0.25) is 0 Å². The van der Waals surface area contributed by atoms with Gasteiger partial charge in [-0.15, -0.1) is 0 Å². The number of anilines is 1. The Morgan fingerprint density at radius 1 is 1.67 bits per heavy atom. The van der Waals surface area contributed by atoms with E-state index in [1.165, 1.54) is 17.2 Å². The molecule has 1 N–H and O–H groups in total. The van der Waals surface area contributed by atoms with Gasteiger partial charge in [0.05, 0.1) is 4.92 Å². The number of carboxylic acids is 1. The fraction of sp³-hybridized carbons (Fsp3) is 0.455. The Balaban J connectivity index is 2.44. The van der Waals surface area contributed by atoms with Crippen LogP contribution in [0.15, 0.2) is 12.3 Å². The summed E-state index contributed by atoms with van der Waals surface area (Å²) in [6.45, 7) is 2.19. The number of carboxylic acid groups (broad SMARTS) is 1. The molecule has 0 aromatic carbocycles. The first kappa shape index (κ1) is 12.3. The summed E-state index contributed by atoms with van der Waals surface area (Å²) in [6, 6.07) is 0.693.